The number of aryl methyl sites for hydroxylation is 2. The Morgan fingerprint density at radius 1 is 0.788 bits per heavy atom. The van der Waals surface area contributed by atoms with Gasteiger partial charge in [0.2, 0.25) is 0 Å². The zero-order valence-electron chi connectivity index (χ0n) is 18.8. The number of nitrogens with one attached hydrogen (secondary N) is 3. The molecule has 3 aromatic rings. The van der Waals surface area contributed by atoms with Crippen molar-refractivity contribution in [2.75, 3.05) is 11.3 Å². The fourth-order valence-corrected chi connectivity index (χ4v) is 4.30. The molecule has 0 saturated carbocycles. The Hall–Kier alpha value is -3.65. The Labute approximate surface area is 194 Å². The first-order valence-electron chi connectivity index (χ1n) is 10.5. The lowest BCUT2D eigenvalue weighted by atomic mass is 10.1. The molecule has 0 aliphatic carbocycles. The van der Waals surface area contributed by atoms with Crippen molar-refractivity contribution in [2.24, 2.45) is 0 Å². The largest absolute Gasteiger partial charge is 0.352 e. The Balaban J connectivity index is 1.63. The minimum absolute atomic E-state index is 0.162. The number of anilines is 1. The van der Waals surface area contributed by atoms with E-state index in [1.807, 2.05) is 26.8 Å². The molecule has 0 saturated heterocycles. The number of carbonyl (C=O) groups excluding carboxylic acids is 2. The summed E-state index contributed by atoms with van der Waals surface area (Å²) < 4.78 is 27.8. The summed E-state index contributed by atoms with van der Waals surface area (Å²) in [7, 11) is -3.73. The number of carbonyl (C=O) groups is 2. The van der Waals surface area contributed by atoms with Crippen LogP contribution < -0.4 is 15.4 Å². The molecule has 0 unspecified atom stereocenters. The summed E-state index contributed by atoms with van der Waals surface area (Å²) in [6, 6.07) is 18.2. The molecule has 7 nitrogen and oxygen atoms in total. The molecule has 3 rings (SSSR count). The Morgan fingerprint density at radius 2 is 1.48 bits per heavy atom. The van der Waals surface area contributed by atoms with E-state index in [1.54, 1.807) is 60.7 Å². The monoisotopic (exact) mass is 465 g/mol. The predicted octanol–water partition coefficient (Wildman–Crippen LogP) is 3.78. The minimum atomic E-state index is -3.73. The fraction of sp³-hybridized carbons (Fsp3) is 0.200. The highest BCUT2D eigenvalue weighted by atomic mass is 32.2. The number of benzene rings is 3. The van der Waals surface area contributed by atoms with Gasteiger partial charge in [-0.05, 0) is 86.0 Å². The van der Waals surface area contributed by atoms with Crippen LogP contribution in [-0.4, -0.2) is 26.8 Å². The maximum absolute atomic E-state index is 12.6. The van der Waals surface area contributed by atoms with Crippen molar-refractivity contribution < 1.29 is 18.0 Å². The second kappa shape index (κ2) is 10.3. The molecule has 33 heavy (non-hydrogen) atoms. The molecule has 0 radical (unpaired) electrons. The van der Waals surface area contributed by atoms with Crippen LogP contribution in [0.15, 0.2) is 71.6 Å². The predicted molar refractivity (Wildman–Crippen MR) is 129 cm³/mol. The summed E-state index contributed by atoms with van der Waals surface area (Å²) in [6.07, 6.45) is 0. The molecule has 0 fully saturated rings. The molecule has 172 valence electrons. The van der Waals surface area contributed by atoms with Crippen LogP contribution in [0.2, 0.25) is 0 Å². The quantitative estimate of drug-likeness (QED) is 0.471. The van der Waals surface area contributed by atoms with Crippen molar-refractivity contribution in [1.82, 2.24) is 10.6 Å². The molecule has 2 amide bonds. The molecule has 3 aromatic carbocycles. The average Bonchev–Trinajstić information content (AvgIpc) is 2.80. The van der Waals surface area contributed by atoms with E-state index in [0.717, 1.165) is 16.7 Å². The topological polar surface area (TPSA) is 104 Å². The van der Waals surface area contributed by atoms with Crippen molar-refractivity contribution in [3.05, 3.63) is 94.5 Å². The van der Waals surface area contributed by atoms with Crippen LogP contribution in [-0.2, 0) is 16.6 Å². The van der Waals surface area contributed by atoms with E-state index in [1.165, 1.54) is 0 Å². The van der Waals surface area contributed by atoms with Gasteiger partial charge in [0, 0.05) is 29.9 Å². The van der Waals surface area contributed by atoms with E-state index in [4.69, 9.17) is 0 Å². The number of hydrogen-bond donors (Lipinski definition) is 3. The number of amides is 2. The van der Waals surface area contributed by atoms with Gasteiger partial charge in [-0.25, -0.2) is 8.42 Å². The van der Waals surface area contributed by atoms with Crippen LogP contribution in [0.25, 0.3) is 0 Å². The average molecular weight is 466 g/mol. The maximum atomic E-state index is 12.6. The summed E-state index contributed by atoms with van der Waals surface area (Å²) in [5, 5.41) is 5.55. The number of hydrogen-bond acceptors (Lipinski definition) is 4. The third-order valence-electron chi connectivity index (χ3n) is 5.17. The van der Waals surface area contributed by atoms with Crippen LogP contribution in [0.1, 0.15) is 44.3 Å². The first kappa shape index (κ1) is 24.0. The van der Waals surface area contributed by atoms with Crippen LogP contribution in [0.4, 0.5) is 5.69 Å². The van der Waals surface area contributed by atoms with Gasteiger partial charge in [0.15, 0.2) is 0 Å². The molecule has 0 atom stereocenters. The SMILES string of the molecule is CCNC(=O)c1cccc(CNC(=O)c2ccc(NS(=O)(=O)c3ccc(C)c(C)c3)cc2)c1. The van der Waals surface area contributed by atoms with Gasteiger partial charge in [0.1, 0.15) is 0 Å². The van der Waals surface area contributed by atoms with Crippen molar-refractivity contribution in [2.45, 2.75) is 32.2 Å². The number of rotatable bonds is 8. The summed E-state index contributed by atoms with van der Waals surface area (Å²) >= 11 is 0. The highest BCUT2D eigenvalue weighted by molar-refractivity contribution is 7.92. The first-order valence-corrected chi connectivity index (χ1v) is 12.0. The lowest BCUT2D eigenvalue weighted by Gasteiger charge is -2.11. The van der Waals surface area contributed by atoms with Gasteiger partial charge in [-0.1, -0.05) is 18.2 Å². The molecule has 3 N–H and O–H groups in total. The molecule has 0 heterocycles. The lowest BCUT2D eigenvalue weighted by molar-refractivity contribution is 0.0947. The highest BCUT2D eigenvalue weighted by Crippen LogP contribution is 2.19. The summed E-state index contributed by atoms with van der Waals surface area (Å²) in [4.78, 5) is 24.6. The molecule has 0 spiro atoms. The zero-order chi connectivity index (χ0) is 24.0. The van der Waals surface area contributed by atoms with Crippen molar-refractivity contribution in [3.8, 4) is 0 Å². The smallest absolute Gasteiger partial charge is 0.261 e. The van der Waals surface area contributed by atoms with Crippen LogP contribution in [0, 0.1) is 13.8 Å². The summed E-state index contributed by atoms with van der Waals surface area (Å²) in [6.45, 7) is 6.42. The molecular formula is C25H27N3O4S. The van der Waals surface area contributed by atoms with E-state index in [-0.39, 0.29) is 23.3 Å². The van der Waals surface area contributed by atoms with Gasteiger partial charge in [-0.3, -0.25) is 14.3 Å². The van der Waals surface area contributed by atoms with Crippen LogP contribution >= 0.6 is 0 Å². The van der Waals surface area contributed by atoms with E-state index in [0.29, 0.717) is 23.4 Å². The standard InChI is InChI=1S/C25H27N3O4S/c1-4-26-25(30)21-7-5-6-19(15-21)16-27-24(29)20-9-11-22(12-10-20)28-33(31,32)23-13-8-17(2)18(3)14-23/h5-15,28H,4,16H2,1-3H3,(H,26,30)(H,27,29). The second-order valence-corrected chi connectivity index (χ2v) is 9.35. The van der Waals surface area contributed by atoms with Gasteiger partial charge >= 0.3 is 0 Å². The van der Waals surface area contributed by atoms with Gasteiger partial charge < -0.3 is 10.6 Å². The van der Waals surface area contributed by atoms with Gasteiger partial charge in [-0.2, -0.15) is 0 Å². The van der Waals surface area contributed by atoms with Crippen LogP contribution in [0.3, 0.4) is 0 Å². The summed E-state index contributed by atoms with van der Waals surface area (Å²) in [5.74, 6) is -0.466. The van der Waals surface area contributed by atoms with E-state index in [9.17, 15) is 18.0 Å². The van der Waals surface area contributed by atoms with Crippen molar-refractivity contribution in [3.63, 3.8) is 0 Å². The Morgan fingerprint density at radius 3 is 2.15 bits per heavy atom. The second-order valence-electron chi connectivity index (χ2n) is 7.67. The van der Waals surface area contributed by atoms with Crippen molar-refractivity contribution >= 4 is 27.5 Å². The summed E-state index contributed by atoms with van der Waals surface area (Å²) in [5.41, 5.74) is 3.99. The fourth-order valence-electron chi connectivity index (χ4n) is 3.15. The minimum Gasteiger partial charge on any atom is -0.352 e. The first-order chi connectivity index (χ1) is 15.7. The zero-order valence-corrected chi connectivity index (χ0v) is 19.6. The van der Waals surface area contributed by atoms with Gasteiger partial charge in [-0.15, -0.1) is 0 Å². The molecule has 8 heteroatoms. The van der Waals surface area contributed by atoms with E-state index < -0.39 is 10.0 Å². The molecule has 0 aliphatic rings. The van der Waals surface area contributed by atoms with Gasteiger partial charge in [0.05, 0.1) is 4.90 Å². The normalized spacial score (nSPS) is 11.0. The highest BCUT2D eigenvalue weighted by Gasteiger charge is 2.15. The third-order valence-corrected chi connectivity index (χ3v) is 6.55. The molecule has 0 aromatic heterocycles. The molecular weight excluding hydrogens is 438 g/mol. The van der Waals surface area contributed by atoms with Gasteiger partial charge in [0.25, 0.3) is 21.8 Å². The molecule has 0 aliphatic heterocycles. The molecule has 0 bridgehead atoms. The van der Waals surface area contributed by atoms with Crippen molar-refractivity contribution in [1.29, 1.82) is 0 Å². The Bertz CT molecular complexity index is 1270. The van der Waals surface area contributed by atoms with Crippen LogP contribution in [0.5, 0.6) is 0 Å². The van der Waals surface area contributed by atoms with E-state index in [2.05, 4.69) is 15.4 Å². The maximum Gasteiger partial charge on any atom is 0.261 e. The lowest BCUT2D eigenvalue weighted by Crippen LogP contribution is -2.24. The number of sulfonamides is 1. The van der Waals surface area contributed by atoms with E-state index >= 15 is 0 Å². The Kier molecular flexibility index (Phi) is 7.50. The third kappa shape index (κ3) is 6.20.